The molecule has 0 spiro atoms. The number of nitrogens with zero attached hydrogens (tertiary/aromatic N) is 2. The van der Waals surface area contributed by atoms with E-state index in [1.54, 1.807) is 0 Å². The minimum atomic E-state index is -3.67. The molecule has 0 aliphatic heterocycles. The van der Waals surface area contributed by atoms with Gasteiger partial charge in [0.25, 0.3) is 5.89 Å². The molecule has 0 bridgehead atoms. The summed E-state index contributed by atoms with van der Waals surface area (Å²) >= 11 is 0. The molecule has 1 heterocycles. The van der Waals surface area contributed by atoms with Crippen molar-refractivity contribution in [1.29, 1.82) is 0 Å². The van der Waals surface area contributed by atoms with Gasteiger partial charge in [-0.1, -0.05) is 28.9 Å². The van der Waals surface area contributed by atoms with E-state index in [-0.39, 0.29) is 22.9 Å². The summed E-state index contributed by atoms with van der Waals surface area (Å²) in [5.74, 6) is 0.285. The summed E-state index contributed by atoms with van der Waals surface area (Å²) in [7, 11) is -3.67. The molecule has 0 saturated heterocycles. The third-order valence-corrected chi connectivity index (χ3v) is 6.16. The van der Waals surface area contributed by atoms with E-state index < -0.39 is 16.0 Å². The SMILES string of the molecule is Cc1ccc(-c2nc(COC(=O)c3cccc(S(=O)(=O)NCC4CC4)c3)no2)cc1. The Labute approximate surface area is 174 Å². The second kappa shape index (κ2) is 8.37. The molecule has 1 saturated carbocycles. The molecule has 0 radical (unpaired) electrons. The Kier molecular flexibility index (Phi) is 5.65. The number of carbonyl (C=O) groups excluding carboxylic acids is 1. The van der Waals surface area contributed by atoms with E-state index in [4.69, 9.17) is 9.26 Å². The summed E-state index contributed by atoms with van der Waals surface area (Å²) in [6.07, 6.45) is 2.08. The number of carbonyl (C=O) groups is 1. The summed E-state index contributed by atoms with van der Waals surface area (Å²) in [4.78, 5) is 16.6. The highest BCUT2D eigenvalue weighted by Crippen LogP contribution is 2.28. The fraction of sp³-hybridized carbons (Fsp3) is 0.286. The van der Waals surface area contributed by atoms with Crippen molar-refractivity contribution in [2.75, 3.05) is 6.54 Å². The van der Waals surface area contributed by atoms with Gasteiger partial charge < -0.3 is 9.26 Å². The quantitative estimate of drug-likeness (QED) is 0.550. The van der Waals surface area contributed by atoms with Gasteiger partial charge in [-0.25, -0.2) is 17.9 Å². The molecule has 1 fully saturated rings. The number of aryl methyl sites for hydroxylation is 1. The van der Waals surface area contributed by atoms with E-state index in [0.29, 0.717) is 18.4 Å². The molecular formula is C21H21N3O5S. The lowest BCUT2D eigenvalue weighted by molar-refractivity contribution is 0.0459. The molecule has 1 N–H and O–H groups in total. The molecule has 2 aromatic carbocycles. The van der Waals surface area contributed by atoms with Crippen LogP contribution in [-0.2, 0) is 21.4 Å². The maximum Gasteiger partial charge on any atom is 0.338 e. The monoisotopic (exact) mass is 427 g/mol. The maximum absolute atomic E-state index is 12.4. The Morgan fingerprint density at radius 3 is 2.70 bits per heavy atom. The van der Waals surface area contributed by atoms with Gasteiger partial charge in [0, 0.05) is 12.1 Å². The van der Waals surface area contributed by atoms with Gasteiger partial charge in [-0.05, 0) is 56.0 Å². The molecule has 0 atom stereocenters. The van der Waals surface area contributed by atoms with Gasteiger partial charge in [-0.3, -0.25) is 0 Å². The third kappa shape index (κ3) is 4.92. The number of esters is 1. The Morgan fingerprint density at radius 1 is 1.20 bits per heavy atom. The van der Waals surface area contributed by atoms with Crippen molar-refractivity contribution in [3.8, 4) is 11.5 Å². The zero-order valence-corrected chi connectivity index (χ0v) is 17.2. The first-order chi connectivity index (χ1) is 14.4. The summed E-state index contributed by atoms with van der Waals surface area (Å²) in [6.45, 7) is 2.20. The van der Waals surface area contributed by atoms with Crippen molar-refractivity contribution in [2.24, 2.45) is 5.92 Å². The van der Waals surface area contributed by atoms with E-state index in [0.717, 1.165) is 24.0 Å². The van der Waals surface area contributed by atoms with E-state index in [1.165, 1.54) is 24.3 Å². The van der Waals surface area contributed by atoms with Crippen LogP contribution >= 0.6 is 0 Å². The fourth-order valence-electron chi connectivity index (χ4n) is 2.76. The Morgan fingerprint density at radius 2 is 1.97 bits per heavy atom. The zero-order valence-electron chi connectivity index (χ0n) is 16.4. The normalized spacial score (nSPS) is 13.9. The van der Waals surface area contributed by atoms with Crippen molar-refractivity contribution >= 4 is 16.0 Å². The molecule has 9 heteroatoms. The highest BCUT2D eigenvalue weighted by atomic mass is 32.2. The number of benzene rings is 2. The maximum atomic E-state index is 12.4. The van der Waals surface area contributed by atoms with Gasteiger partial charge in [-0.15, -0.1) is 0 Å². The van der Waals surface area contributed by atoms with Crippen molar-refractivity contribution < 1.29 is 22.5 Å². The minimum Gasteiger partial charge on any atom is -0.454 e. The van der Waals surface area contributed by atoms with Crippen molar-refractivity contribution in [2.45, 2.75) is 31.3 Å². The van der Waals surface area contributed by atoms with Crippen LogP contribution in [0.25, 0.3) is 11.5 Å². The van der Waals surface area contributed by atoms with Gasteiger partial charge in [0.2, 0.25) is 15.8 Å². The molecule has 0 amide bonds. The first-order valence-corrected chi connectivity index (χ1v) is 11.1. The Balaban J connectivity index is 1.39. The van der Waals surface area contributed by atoms with Crippen molar-refractivity contribution in [1.82, 2.24) is 14.9 Å². The van der Waals surface area contributed by atoms with Crippen LogP contribution in [0, 0.1) is 12.8 Å². The van der Waals surface area contributed by atoms with E-state index in [1.807, 2.05) is 31.2 Å². The smallest absolute Gasteiger partial charge is 0.338 e. The van der Waals surface area contributed by atoms with Crippen LogP contribution in [0.15, 0.2) is 57.9 Å². The lowest BCUT2D eigenvalue weighted by Gasteiger charge is -2.08. The molecule has 4 rings (SSSR count). The number of ether oxygens (including phenoxy) is 1. The van der Waals surface area contributed by atoms with Gasteiger partial charge in [0.05, 0.1) is 10.5 Å². The van der Waals surface area contributed by atoms with Crippen LogP contribution in [-0.4, -0.2) is 31.1 Å². The fourth-order valence-corrected chi connectivity index (χ4v) is 3.92. The van der Waals surface area contributed by atoms with Gasteiger partial charge >= 0.3 is 5.97 Å². The highest BCUT2D eigenvalue weighted by molar-refractivity contribution is 7.89. The number of hydrogen-bond acceptors (Lipinski definition) is 7. The molecule has 1 aliphatic rings. The second-order valence-corrected chi connectivity index (χ2v) is 9.05. The topological polar surface area (TPSA) is 111 Å². The predicted octanol–water partition coefficient (Wildman–Crippen LogP) is 3.09. The lowest BCUT2D eigenvalue weighted by Crippen LogP contribution is -2.26. The van der Waals surface area contributed by atoms with Gasteiger partial charge in [-0.2, -0.15) is 4.98 Å². The van der Waals surface area contributed by atoms with E-state index in [9.17, 15) is 13.2 Å². The van der Waals surface area contributed by atoms with E-state index >= 15 is 0 Å². The molecule has 1 aliphatic carbocycles. The number of aromatic nitrogens is 2. The third-order valence-electron chi connectivity index (χ3n) is 4.74. The van der Waals surface area contributed by atoms with Crippen molar-refractivity contribution in [3.05, 3.63) is 65.5 Å². The first-order valence-electron chi connectivity index (χ1n) is 9.57. The highest BCUT2D eigenvalue weighted by Gasteiger charge is 2.24. The minimum absolute atomic E-state index is 0.0267. The number of rotatable bonds is 8. The van der Waals surface area contributed by atoms with E-state index in [2.05, 4.69) is 14.9 Å². The molecule has 156 valence electrons. The number of sulfonamides is 1. The molecular weight excluding hydrogens is 406 g/mol. The average Bonchev–Trinajstić information content (AvgIpc) is 3.47. The van der Waals surface area contributed by atoms with Crippen LogP contribution in [0.2, 0.25) is 0 Å². The predicted molar refractivity (Wildman–Crippen MR) is 108 cm³/mol. The van der Waals surface area contributed by atoms with Crippen LogP contribution < -0.4 is 4.72 Å². The van der Waals surface area contributed by atoms with Crippen LogP contribution in [0.4, 0.5) is 0 Å². The average molecular weight is 427 g/mol. The summed E-state index contributed by atoms with van der Waals surface area (Å²) in [6, 6.07) is 13.3. The molecule has 8 nitrogen and oxygen atoms in total. The Bertz CT molecular complexity index is 1150. The lowest BCUT2D eigenvalue weighted by atomic mass is 10.1. The zero-order chi connectivity index (χ0) is 21.1. The van der Waals surface area contributed by atoms with Gasteiger partial charge in [0.1, 0.15) is 0 Å². The second-order valence-electron chi connectivity index (χ2n) is 7.28. The van der Waals surface area contributed by atoms with Crippen LogP contribution in [0.3, 0.4) is 0 Å². The molecule has 3 aromatic rings. The van der Waals surface area contributed by atoms with Gasteiger partial charge in [0.15, 0.2) is 6.61 Å². The molecule has 1 aromatic heterocycles. The first kappa shape index (κ1) is 20.2. The number of nitrogens with one attached hydrogen (secondary N) is 1. The van der Waals surface area contributed by atoms with Crippen LogP contribution in [0.1, 0.15) is 34.6 Å². The largest absolute Gasteiger partial charge is 0.454 e. The van der Waals surface area contributed by atoms with Crippen molar-refractivity contribution in [3.63, 3.8) is 0 Å². The van der Waals surface area contributed by atoms with Crippen LogP contribution in [0.5, 0.6) is 0 Å². The summed E-state index contributed by atoms with van der Waals surface area (Å²) < 4.78 is 37.8. The Hall–Kier alpha value is -3.04. The molecule has 0 unspecified atom stereocenters. The molecule has 30 heavy (non-hydrogen) atoms. The standard InChI is InChI=1S/C21H21N3O5S/c1-14-5-9-16(10-6-14)20-23-19(24-29-20)13-28-21(25)17-3-2-4-18(11-17)30(26,27)22-12-15-7-8-15/h2-6,9-11,15,22H,7-8,12-13H2,1H3. The number of hydrogen-bond donors (Lipinski definition) is 1. The summed E-state index contributed by atoms with van der Waals surface area (Å²) in [5.41, 5.74) is 2.01. The summed E-state index contributed by atoms with van der Waals surface area (Å²) in [5, 5.41) is 3.81.